The molecule has 178 valence electrons. The largest absolute Gasteiger partial charge is 0.618 e. The lowest BCUT2D eigenvalue weighted by atomic mass is 10.1. The number of esters is 1. The van der Waals surface area contributed by atoms with Gasteiger partial charge < -0.3 is 24.0 Å². The summed E-state index contributed by atoms with van der Waals surface area (Å²) in [6, 6.07) is 17.3. The van der Waals surface area contributed by atoms with Crippen LogP contribution in [0.15, 0.2) is 74.8 Å². The van der Waals surface area contributed by atoms with E-state index in [1.165, 1.54) is 18.9 Å². The Morgan fingerprint density at radius 2 is 1.85 bits per heavy atom. The van der Waals surface area contributed by atoms with E-state index in [1.54, 1.807) is 31.2 Å². The second-order valence-corrected chi connectivity index (χ2v) is 8.52. The van der Waals surface area contributed by atoms with Gasteiger partial charge in [0, 0.05) is 36.8 Å². The van der Waals surface area contributed by atoms with Gasteiger partial charge in [0.25, 0.3) is 0 Å². The van der Waals surface area contributed by atoms with E-state index in [0.29, 0.717) is 10.4 Å². The predicted octanol–water partition coefficient (Wildman–Crippen LogP) is 4.37. The summed E-state index contributed by atoms with van der Waals surface area (Å²) in [5, 5.41) is 12.0. The Balaban J connectivity index is 2.13. The predicted molar refractivity (Wildman–Crippen MR) is 132 cm³/mol. The van der Waals surface area contributed by atoms with Crippen LogP contribution in [-0.4, -0.2) is 44.7 Å². The molecule has 3 aromatic rings. The van der Waals surface area contributed by atoms with Crippen LogP contribution < -0.4 is 15.3 Å². The van der Waals surface area contributed by atoms with Gasteiger partial charge in [-0.15, -0.1) is 11.8 Å². The van der Waals surface area contributed by atoms with Crippen molar-refractivity contribution in [3.63, 3.8) is 0 Å². The van der Waals surface area contributed by atoms with Gasteiger partial charge in [-0.1, -0.05) is 18.2 Å². The van der Waals surface area contributed by atoms with Crippen molar-refractivity contribution in [3.8, 4) is 5.75 Å². The highest BCUT2D eigenvalue weighted by atomic mass is 32.2. The summed E-state index contributed by atoms with van der Waals surface area (Å²) in [7, 11) is 5.17. The highest BCUT2D eigenvalue weighted by Gasteiger charge is 2.32. The van der Waals surface area contributed by atoms with E-state index in [4.69, 9.17) is 13.9 Å². The molecule has 0 spiro atoms. The third-order valence-corrected chi connectivity index (χ3v) is 6.03. The zero-order valence-corrected chi connectivity index (χ0v) is 20.2. The molecule has 1 unspecified atom stereocenters. The number of methoxy groups -OCH3 is 1. The normalized spacial score (nSPS) is 12.2. The first kappa shape index (κ1) is 24.9. The number of hydrogen-bond acceptors (Lipinski definition) is 8. The zero-order chi connectivity index (χ0) is 24.7. The summed E-state index contributed by atoms with van der Waals surface area (Å²) in [5.41, 5.74) is 0.772. The molecule has 0 aliphatic heterocycles. The van der Waals surface area contributed by atoms with Crippen LogP contribution in [0, 0.1) is 5.21 Å². The Labute approximate surface area is 202 Å². The Kier molecular flexibility index (Phi) is 8.37. The monoisotopic (exact) mass is 482 g/mol. The smallest absolute Gasteiger partial charge is 0.340 e. The number of anilines is 1. The first-order chi connectivity index (χ1) is 16.3. The number of carbonyl (C=O) groups excluding carboxylic acids is 1. The van der Waals surface area contributed by atoms with Gasteiger partial charge in [0.2, 0.25) is 17.7 Å². The molecule has 0 fully saturated rings. The van der Waals surface area contributed by atoms with E-state index in [-0.39, 0.29) is 23.7 Å². The standard InChI is InChI=1S/C25H26N2O6S/c1-5-32-25(29)24(34-19-9-7-6-8-10-19)23-20(31-4)15-22(28)33-21(23)16-27(30)18-13-11-17(12-14-18)26(2)3/h6-16,24H,5H2,1-4H3. The third kappa shape index (κ3) is 5.99. The number of hydrogen-bond donors (Lipinski definition) is 0. The summed E-state index contributed by atoms with van der Waals surface area (Å²) in [6.45, 7) is 1.86. The van der Waals surface area contributed by atoms with Crippen molar-refractivity contribution in [1.82, 2.24) is 0 Å². The van der Waals surface area contributed by atoms with Gasteiger partial charge in [0.1, 0.15) is 11.0 Å². The van der Waals surface area contributed by atoms with Crippen LogP contribution in [0.5, 0.6) is 5.75 Å². The molecule has 0 N–H and O–H groups in total. The van der Waals surface area contributed by atoms with Gasteiger partial charge in [-0.2, -0.15) is 4.74 Å². The van der Waals surface area contributed by atoms with Crippen LogP contribution >= 0.6 is 11.8 Å². The molecule has 3 rings (SSSR count). The van der Waals surface area contributed by atoms with E-state index >= 15 is 0 Å². The van der Waals surface area contributed by atoms with Crippen molar-refractivity contribution in [2.45, 2.75) is 17.1 Å². The summed E-state index contributed by atoms with van der Waals surface area (Å²) in [6.07, 6.45) is 1.13. The number of ether oxygens (including phenoxy) is 2. The van der Waals surface area contributed by atoms with Gasteiger partial charge in [-0.3, -0.25) is 4.79 Å². The van der Waals surface area contributed by atoms with Crippen molar-refractivity contribution < 1.29 is 23.4 Å². The molecule has 0 aliphatic carbocycles. The minimum Gasteiger partial charge on any atom is -0.618 e. The van der Waals surface area contributed by atoms with Crippen molar-refractivity contribution in [2.75, 3.05) is 32.7 Å². The Morgan fingerprint density at radius 1 is 1.18 bits per heavy atom. The van der Waals surface area contributed by atoms with Crippen molar-refractivity contribution in [1.29, 1.82) is 0 Å². The number of carbonyl (C=O) groups is 1. The maximum absolute atomic E-state index is 13.0. The lowest BCUT2D eigenvalue weighted by Crippen LogP contribution is -2.18. The minimum absolute atomic E-state index is 0.0856. The van der Waals surface area contributed by atoms with E-state index in [2.05, 4.69) is 0 Å². The molecule has 34 heavy (non-hydrogen) atoms. The molecule has 1 aromatic heterocycles. The Hall–Kier alpha value is -3.72. The maximum Gasteiger partial charge on any atom is 0.340 e. The van der Waals surface area contributed by atoms with Crippen molar-refractivity contribution in [3.05, 3.63) is 87.6 Å². The molecule has 9 heteroatoms. The lowest BCUT2D eigenvalue weighted by Gasteiger charge is -2.19. The molecular weight excluding hydrogens is 456 g/mol. The van der Waals surface area contributed by atoms with E-state index < -0.39 is 16.8 Å². The molecule has 0 aliphatic rings. The summed E-state index contributed by atoms with van der Waals surface area (Å²) in [4.78, 5) is 27.9. The quantitative estimate of drug-likeness (QED) is 0.111. The lowest BCUT2D eigenvalue weighted by molar-refractivity contribution is -0.355. The van der Waals surface area contributed by atoms with Crippen molar-refractivity contribution >= 4 is 35.3 Å². The van der Waals surface area contributed by atoms with Crippen LogP contribution in [0.4, 0.5) is 11.4 Å². The Morgan fingerprint density at radius 3 is 2.44 bits per heavy atom. The summed E-state index contributed by atoms with van der Waals surface area (Å²) >= 11 is 1.20. The average molecular weight is 483 g/mol. The molecule has 0 saturated heterocycles. The van der Waals surface area contributed by atoms with Crippen LogP contribution in [-0.2, 0) is 9.53 Å². The van der Waals surface area contributed by atoms with Crippen LogP contribution in [0.1, 0.15) is 23.5 Å². The van der Waals surface area contributed by atoms with Gasteiger partial charge in [-0.05, 0) is 31.2 Å². The minimum atomic E-state index is -0.947. The molecule has 0 amide bonds. The molecule has 8 nitrogen and oxygen atoms in total. The molecule has 1 atom stereocenters. The summed E-state index contributed by atoms with van der Waals surface area (Å²) < 4.78 is 16.7. The van der Waals surface area contributed by atoms with Crippen LogP contribution in [0.3, 0.4) is 0 Å². The molecule has 1 heterocycles. The average Bonchev–Trinajstić information content (AvgIpc) is 2.83. The van der Waals surface area contributed by atoms with Gasteiger partial charge in [-0.25, -0.2) is 4.79 Å². The third-order valence-electron chi connectivity index (χ3n) is 4.83. The molecule has 2 aromatic carbocycles. The fraction of sp³-hybridized carbons (Fsp3) is 0.240. The number of thioether (sulfide) groups is 1. The van der Waals surface area contributed by atoms with Gasteiger partial charge in [0.15, 0.2) is 0 Å². The van der Waals surface area contributed by atoms with Crippen LogP contribution in [0.25, 0.3) is 0 Å². The van der Waals surface area contributed by atoms with Crippen molar-refractivity contribution in [2.24, 2.45) is 0 Å². The highest BCUT2D eigenvalue weighted by molar-refractivity contribution is 8.00. The Bertz CT molecular complexity index is 1210. The van der Waals surface area contributed by atoms with E-state index in [1.807, 2.05) is 49.3 Å². The SMILES string of the molecule is CCOC(=O)C(Sc1ccccc1)c1c(OC)cc(=O)oc1C=[N+]([O-])c1ccc(N(C)C)cc1. The maximum atomic E-state index is 13.0. The highest BCUT2D eigenvalue weighted by Crippen LogP contribution is 2.41. The first-order valence-electron chi connectivity index (χ1n) is 10.5. The van der Waals surface area contributed by atoms with Gasteiger partial charge in [0.05, 0.1) is 25.3 Å². The molecule has 0 radical (unpaired) electrons. The number of rotatable bonds is 9. The molecular formula is C25H26N2O6S. The number of nitrogens with zero attached hydrogens (tertiary/aromatic N) is 2. The topological polar surface area (TPSA) is 95.1 Å². The van der Waals surface area contributed by atoms with E-state index in [9.17, 15) is 14.8 Å². The van der Waals surface area contributed by atoms with Gasteiger partial charge >= 0.3 is 11.6 Å². The second-order valence-electron chi connectivity index (χ2n) is 7.34. The zero-order valence-electron chi connectivity index (χ0n) is 19.4. The second kappa shape index (κ2) is 11.4. The van der Waals surface area contributed by atoms with E-state index in [0.717, 1.165) is 22.9 Å². The summed E-state index contributed by atoms with van der Waals surface area (Å²) in [5.74, 6) is -0.510. The fourth-order valence-electron chi connectivity index (χ4n) is 3.18. The fourth-order valence-corrected chi connectivity index (χ4v) is 4.28. The van der Waals surface area contributed by atoms with Crippen LogP contribution in [0.2, 0.25) is 0 Å². The first-order valence-corrected chi connectivity index (χ1v) is 11.4. The number of benzene rings is 2. The molecule has 0 bridgehead atoms. The molecule has 0 saturated carbocycles.